The Morgan fingerprint density at radius 1 is 1.17 bits per heavy atom. The molecule has 0 aliphatic carbocycles. The molecule has 1 aliphatic heterocycles. The van der Waals surface area contributed by atoms with Gasteiger partial charge in [-0.3, -0.25) is 4.79 Å². The second-order valence-electron chi connectivity index (χ2n) is 6.91. The largest absolute Gasteiger partial charge is 0.481 e. The summed E-state index contributed by atoms with van der Waals surface area (Å²) in [5, 5.41) is 9.33. The van der Waals surface area contributed by atoms with E-state index in [-0.39, 0.29) is 6.42 Å². The van der Waals surface area contributed by atoms with Crippen LogP contribution in [0.2, 0.25) is 0 Å². The number of hydrogen-bond donors (Lipinski definition) is 1. The first-order valence-corrected chi connectivity index (χ1v) is 7.84. The molecular formula is C17H23BO6. The molecular weight excluding hydrogens is 311 g/mol. The molecule has 1 aromatic rings. The number of carbonyl (C=O) groups excluding carboxylic acids is 1. The zero-order valence-corrected chi connectivity index (χ0v) is 14.7. The fourth-order valence-corrected chi connectivity index (χ4v) is 2.71. The van der Waals surface area contributed by atoms with Gasteiger partial charge in [-0.05, 0) is 39.3 Å². The van der Waals surface area contributed by atoms with Crippen molar-refractivity contribution in [2.24, 2.45) is 0 Å². The van der Waals surface area contributed by atoms with Gasteiger partial charge in [-0.25, -0.2) is 4.79 Å². The number of benzene rings is 1. The molecule has 0 bridgehead atoms. The van der Waals surface area contributed by atoms with Gasteiger partial charge in [-0.15, -0.1) is 0 Å². The van der Waals surface area contributed by atoms with Crippen LogP contribution in [0, 0.1) is 0 Å². The molecule has 1 N–H and O–H groups in total. The Morgan fingerprint density at radius 2 is 1.71 bits per heavy atom. The molecule has 1 heterocycles. The zero-order chi connectivity index (χ0) is 18.1. The van der Waals surface area contributed by atoms with Crippen LogP contribution < -0.4 is 0 Å². The van der Waals surface area contributed by atoms with E-state index in [4.69, 9.17) is 14.0 Å². The number of carboxylic acid groups (broad SMARTS) is 1. The third-order valence-electron chi connectivity index (χ3n) is 4.76. The van der Waals surface area contributed by atoms with Crippen molar-refractivity contribution in [3.05, 3.63) is 35.4 Å². The third-order valence-corrected chi connectivity index (χ3v) is 4.76. The average molecular weight is 334 g/mol. The predicted molar refractivity (Wildman–Crippen MR) is 88.9 cm³/mol. The number of carboxylic acids is 1. The summed E-state index contributed by atoms with van der Waals surface area (Å²) >= 11 is 0. The van der Waals surface area contributed by atoms with Crippen LogP contribution in [0.15, 0.2) is 24.3 Å². The maximum absolute atomic E-state index is 12.0. The van der Waals surface area contributed by atoms with Crippen molar-refractivity contribution in [1.29, 1.82) is 0 Å². The van der Waals surface area contributed by atoms with Crippen molar-refractivity contribution in [3.63, 3.8) is 0 Å². The lowest BCUT2D eigenvalue weighted by molar-refractivity contribution is -0.137. The van der Waals surface area contributed by atoms with Gasteiger partial charge in [0.25, 0.3) is 0 Å². The maximum atomic E-state index is 12.0. The van der Waals surface area contributed by atoms with Crippen LogP contribution in [0.5, 0.6) is 0 Å². The Hall–Kier alpha value is -1.86. The van der Waals surface area contributed by atoms with Gasteiger partial charge < -0.3 is 19.2 Å². The van der Waals surface area contributed by atoms with Gasteiger partial charge in [-0.2, -0.15) is 0 Å². The number of rotatable bonds is 5. The lowest BCUT2D eigenvalue weighted by Gasteiger charge is -2.32. The Kier molecular flexibility index (Phi) is 5.06. The van der Waals surface area contributed by atoms with Crippen LogP contribution in [-0.4, -0.2) is 42.5 Å². The number of aliphatic carboxylic acids is 1. The van der Waals surface area contributed by atoms with E-state index in [1.165, 1.54) is 7.11 Å². The van der Waals surface area contributed by atoms with Crippen molar-refractivity contribution >= 4 is 19.1 Å². The Labute approximate surface area is 142 Å². The quantitative estimate of drug-likeness (QED) is 0.658. The smallest absolute Gasteiger partial charge is 0.466 e. The molecule has 0 spiro atoms. The highest BCUT2D eigenvalue weighted by atomic mass is 16.7. The summed E-state index contributed by atoms with van der Waals surface area (Å²) in [5.41, 5.74) is -0.310. The number of esters is 1. The number of ether oxygens (including phenoxy) is 1. The van der Waals surface area contributed by atoms with Crippen molar-refractivity contribution in [2.45, 2.75) is 51.1 Å². The molecule has 0 amide bonds. The summed E-state index contributed by atoms with van der Waals surface area (Å²) < 4.78 is 16.8. The molecule has 2 rings (SSSR count). The highest BCUT2D eigenvalue weighted by Crippen LogP contribution is 2.42. The highest BCUT2D eigenvalue weighted by molar-refractivity contribution is 6.48. The highest BCUT2D eigenvalue weighted by Gasteiger charge is 2.54. The van der Waals surface area contributed by atoms with E-state index in [0.29, 0.717) is 11.1 Å². The van der Waals surface area contributed by atoms with E-state index < -0.39 is 36.1 Å². The predicted octanol–water partition coefficient (Wildman–Crippen LogP) is 2.66. The molecule has 1 fully saturated rings. The Morgan fingerprint density at radius 3 is 2.21 bits per heavy atom. The normalized spacial score (nSPS) is 19.8. The number of hydrogen-bond acceptors (Lipinski definition) is 5. The molecule has 0 aromatic heterocycles. The Balaban J connectivity index is 2.45. The summed E-state index contributed by atoms with van der Waals surface area (Å²) in [5.74, 6) is -2.13. The second kappa shape index (κ2) is 6.57. The summed E-state index contributed by atoms with van der Waals surface area (Å²) in [7, 11) is 0.525. The summed E-state index contributed by atoms with van der Waals surface area (Å²) in [6, 6.07) is 6.78. The first-order chi connectivity index (χ1) is 11.1. The molecule has 1 unspecified atom stereocenters. The lowest BCUT2D eigenvalue weighted by atomic mass is 9.65. The third kappa shape index (κ3) is 3.47. The Bertz CT molecular complexity index is 624. The molecule has 24 heavy (non-hydrogen) atoms. The van der Waals surface area contributed by atoms with E-state index >= 15 is 0 Å². The van der Waals surface area contributed by atoms with Gasteiger partial charge in [0.1, 0.15) is 0 Å². The molecule has 1 saturated heterocycles. The van der Waals surface area contributed by atoms with Crippen molar-refractivity contribution < 1.29 is 28.7 Å². The molecule has 1 aliphatic rings. The SMILES string of the molecule is COC(=O)c1ccccc1C(CC(=O)O)B1OC(C)(C)C(C)(C)O1. The molecule has 7 heteroatoms. The zero-order valence-electron chi connectivity index (χ0n) is 14.7. The van der Waals surface area contributed by atoms with E-state index in [2.05, 4.69) is 0 Å². The fourth-order valence-electron chi connectivity index (χ4n) is 2.71. The monoisotopic (exact) mass is 334 g/mol. The number of methoxy groups -OCH3 is 1. The minimum absolute atomic E-state index is 0.217. The minimum Gasteiger partial charge on any atom is -0.481 e. The van der Waals surface area contributed by atoms with Gasteiger partial charge in [-0.1, -0.05) is 18.2 Å². The van der Waals surface area contributed by atoms with Crippen LogP contribution in [0.1, 0.15) is 55.9 Å². The van der Waals surface area contributed by atoms with Gasteiger partial charge in [0.15, 0.2) is 0 Å². The maximum Gasteiger partial charge on any atom is 0.466 e. The molecule has 1 atom stereocenters. The van der Waals surface area contributed by atoms with Crippen LogP contribution in [0.4, 0.5) is 0 Å². The minimum atomic E-state index is -0.991. The second-order valence-corrected chi connectivity index (χ2v) is 6.91. The van der Waals surface area contributed by atoms with E-state index in [0.717, 1.165) is 0 Å². The lowest BCUT2D eigenvalue weighted by Crippen LogP contribution is -2.41. The van der Waals surface area contributed by atoms with Gasteiger partial charge in [0, 0.05) is 5.82 Å². The van der Waals surface area contributed by atoms with E-state index in [9.17, 15) is 14.7 Å². The molecule has 130 valence electrons. The first kappa shape index (κ1) is 18.5. The topological polar surface area (TPSA) is 82.1 Å². The van der Waals surface area contributed by atoms with E-state index in [1.807, 2.05) is 27.7 Å². The van der Waals surface area contributed by atoms with E-state index in [1.54, 1.807) is 24.3 Å². The molecule has 0 radical (unpaired) electrons. The number of carbonyl (C=O) groups is 2. The van der Waals surface area contributed by atoms with Crippen LogP contribution in [0.3, 0.4) is 0 Å². The summed E-state index contributed by atoms with van der Waals surface area (Å²) in [4.78, 5) is 23.4. The fraction of sp³-hybridized carbons (Fsp3) is 0.529. The standard InChI is InChI=1S/C17H23BO6/c1-16(2)17(3,4)24-18(23-16)13(10-14(19)20)11-8-6-7-9-12(11)15(21)22-5/h6-9,13H,10H2,1-5H3,(H,19,20). The average Bonchev–Trinajstić information content (AvgIpc) is 2.72. The molecule has 0 saturated carbocycles. The van der Waals surface area contributed by atoms with Crippen molar-refractivity contribution in [3.8, 4) is 0 Å². The first-order valence-electron chi connectivity index (χ1n) is 7.84. The van der Waals surface area contributed by atoms with Crippen molar-refractivity contribution in [1.82, 2.24) is 0 Å². The summed E-state index contributed by atoms with van der Waals surface area (Å²) in [6.07, 6.45) is -0.217. The van der Waals surface area contributed by atoms with Gasteiger partial charge >= 0.3 is 19.1 Å². The summed E-state index contributed by atoms with van der Waals surface area (Å²) in [6.45, 7) is 7.60. The van der Waals surface area contributed by atoms with Gasteiger partial charge in [0.2, 0.25) is 0 Å². The molecule has 6 nitrogen and oxygen atoms in total. The van der Waals surface area contributed by atoms with Crippen molar-refractivity contribution in [2.75, 3.05) is 7.11 Å². The van der Waals surface area contributed by atoms with Gasteiger partial charge in [0.05, 0.1) is 30.3 Å². The van der Waals surface area contributed by atoms with Crippen LogP contribution in [-0.2, 0) is 18.8 Å². The van der Waals surface area contributed by atoms with Crippen LogP contribution in [0.25, 0.3) is 0 Å². The molecule has 1 aromatic carbocycles. The van der Waals surface area contributed by atoms with Crippen LogP contribution >= 0.6 is 0 Å².